The second kappa shape index (κ2) is 5.52. The Hall–Kier alpha value is -1.36. The molecular formula is C13H24N4O. The monoisotopic (exact) mass is 252 g/mol. The summed E-state index contributed by atoms with van der Waals surface area (Å²) in [6.45, 7) is 9.00. The van der Waals surface area contributed by atoms with E-state index in [1.165, 1.54) is 0 Å². The molecule has 0 bridgehead atoms. The van der Waals surface area contributed by atoms with Crippen molar-refractivity contribution >= 4 is 5.91 Å². The highest BCUT2D eigenvalue weighted by Gasteiger charge is 2.39. The van der Waals surface area contributed by atoms with Gasteiger partial charge in [-0.15, -0.1) is 0 Å². The van der Waals surface area contributed by atoms with Crippen LogP contribution in [0.5, 0.6) is 0 Å². The molecular weight excluding hydrogens is 228 g/mol. The normalized spacial score (nSPS) is 12.5. The molecule has 0 aromatic carbocycles. The summed E-state index contributed by atoms with van der Waals surface area (Å²) >= 11 is 0. The molecule has 0 saturated heterocycles. The molecule has 3 N–H and O–H groups in total. The second-order valence-electron chi connectivity index (χ2n) is 5.76. The lowest BCUT2D eigenvalue weighted by Gasteiger charge is -2.36. The molecule has 5 heteroatoms. The summed E-state index contributed by atoms with van der Waals surface area (Å²) in [5.74, 6) is 0.000584. The summed E-state index contributed by atoms with van der Waals surface area (Å²) in [6.07, 6.45) is 6.31. The lowest BCUT2D eigenvalue weighted by atomic mass is 9.74. The van der Waals surface area contributed by atoms with Crippen molar-refractivity contribution in [3.8, 4) is 0 Å². The Balaban J connectivity index is 2.33. The average molecular weight is 252 g/mol. The first kappa shape index (κ1) is 14.7. The van der Waals surface area contributed by atoms with E-state index in [0.29, 0.717) is 6.54 Å². The van der Waals surface area contributed by atoms with Gasteiger partial charge in [-0.3, -0.25) is 4.79 Å². The topological polar surface area (TPSA) is 72.9 Å². The number of hydrogen-bond donors (Lipinski definition) is 2. The number of carbonyl (C=O) groups excluding carboxylic acids is 1. The van der Waals surface area contributed by atoms with E-state index in [1.807, 2.05) is 38.5 Å². The van der Waals surface area contributed by atoms with Crippen molar-refractivity contribution in [2.24, 2.45) is 11.1 Å². The van der Waals surface area contributed by atoms with E-state index in [1.54, 1.807) is 12.5 Å². The molecule has 0 atom stereocenters. The highest BCUT2D eigenvalue weighted by atomic mass is 16.2. The zero-order chi connectivity index (χ0) is 13.8. The molecule has 5 nitrogen and oxygen atoms in total. The summed E-state index contributed by atoms with van der Waals surface area (Å²) in [4.78, 5) is 16.0. The number of imidazole rings is 1. The molecule has 1 aromatic heterocycles. The van der Waals surface area contributed by atoms with Crippen LogP contribution in [0.25, 0.3) is 0 Å². The van der Waals surface area contributed by atoms with Crippen molar-refractivity contribution in [2.75, 3.05) is 6.54 Å². The molecule has 0 aliphatic carbocycles. The summed E-state index contributed by atoms with van der Waals surface area (Å²) in [7, 11) is 0. The molecule has 0 radical (unpaired) electrons. The van der Waals surface area contributed by atoms with Gasteiger partial charge in [0.2, 0.25) is 5.91 Å². The quantitative estimate of drug-likeness (QED) is 0.746. The van der Waals surface area contributed by atoms with Crippen molar-refractivity contribution in [1.29, 1.82) is 0 Å². The molecule has 0 aliphatic rings. The molecule has 1 aromatic rings. The van der Waals surface area contributed by atoms with Crippen LogP contribution in [0.3, 0.4) is 0 Å². The number of nitrogens with one attached hydrogen (secondary N) is 1. The molecule has 0 saturated carbocycles. The van der Waals surface area contributed by atoms with E-state index < -0.39 is 11.0 Å². The Morgan fingerprint density at radius 2 is 2.06 bits per heavy atom. The third-order valence-electron chi connectivity index (χ3n) is 3.62. The van der Waals surface area contributed by atoms with Crippen molar-refractivity contribution in [2.45, 2.75) is 46.2 Å². The van der Waals surface area contributed by atoms with Crippen LogP contribution in [0.1, 0.15) is 34.1 Å². The van der Waals surface area contributed by atoms with E-state index in [2.05, 4.69) is 10.3 Å². The van der Waals surface area contributed by atoms with Gasteiger partial charge in [-0.1, -0.05) is 0 Å². The summed E-state index contributed by atoms with van der Waals surface area (Å²) in [5, 5.41) is 2.94. The zero-order valence-corrected chi connectivity index (χ0v) is 11.7. The van der Waals surface area contributed by atoms with Crippen LogP contribution < -0.4 is 11.1 Å². The maximum absolute atomic E-state index is 12.1. The lowest BCUT2D eigenvalue weighted by molar-refractivity contribution is -0.132. The minimum absolute atomic E-state index is 0.000584. The Labute approximate surface area is 109 Å². The number of aryl methyl sites for hydroxylation is 1. The molecule has 0 aliphatic heterocycles. The van der Waals surface area contributed by atoms with Crippen LogP contribution >= 0.6 is 0 Å². The summed E-state index contributed by atoms with van der Waals surface area (Å²) in [5.41, 5.74) is 4.90. The number of aromatic nitrogens is 2. The van der Waals surface area contributed by atoms with Crippen LogP contribution in [0.2, 0.25) is 0 Å². The summed E-state index contributed by atoms with van der Waals surface area (Å²) < 4.78 is 1.99. The molecule has 0 spiro atoms. The van der Waals surface area contributed by atoms with Crippen molar-refractivity contribution in [3.05, 3.63) is 18.7 Å². The van der Waals surface area contributed by atoms with Gasteiger partial charge in [-0.2, -0.15) is 0 Å². The van der Waals surface area contributed by atoms with Crippen molar-refractivity contribution in [1.82, 2.24) is 14.9 Å². The SMILES string of the molecule is CC(C)(N)C(C)(C)C(=O)NCCCn1ccnc1. The number of hydrogen-bond acceptors (Lipinski definition) is 3. The maximum Gasteiger partial charge on any atom is 0.227 e. The molecule has 1 amide bonds. The first-order valence-corrected chi connectivity index (χ1v) is 6.28. The van der Waals surface area contributed by atoms with Gasteiger partial charge in [0.25, 0.3) is 0 Å². The highest BCUT2D eigenvalue weighted by Crippen LogP contribution is 2.28. The third-order valence-corrected chi connectivity index (χ3v) is 3.62. The van der Waals surface area contributed by atoms with E-state index in [0.717, 1.165) is 13.0 Å². The van der Waals surface area contributed by atoms with Gasteiger partial charge in [0.1, 0.15) is 0 Å². The van der Waals surface area contributed by atoms with Crippen LogP contribution in [0.4, 0.5) is 0 Å². The average Bonchev–Trinajstić information content (AvgIpc) is 2.75. The second-order valence-corrected chi connectivity index (χ2v) is 5.76. The van der Waals surface area contributed by atoms with E-state index in [9.17, 15) is 4.79 Å². The molecule has 1 heterocycles. The van der Waals surface area contributed by atoms with E-state index in [-0.39, 0.29) is 5.91 Å². The molecule has 0 unspecified atom stereocenters. The fourth-order valence-electron chi connectivity index (χ4n) is 1.40. The standard InChI is InChI=1S/C13H24N4O/c1-12(2,13(3,4)14)11(18)16-6-5-8-17-9-7-15-10-17/h7,9-10H,5-6,8,14H2,1-4H3,(H,16,18). The largest absolute Gasteiger partial charge is 0.356 e. The number of amides is 1. The highest BCUT2D eigenvalue weighted by molar-refractivity contribution is 5.83. The van der Waals surface area contributed by atoms with Crippen LogP contribution in [0.15, 0.2) is 18.7 Å². The first-order valence-electron chi connectivity index (χ1n) is 6.28. The Morgan fingerprint density at radius 1 is 1.39 bits per heavy atom. The van der Waals surface area contributed by atoms with Gasteiger partial charge in [0.05, 0.1) is 11.7 Å². The van der Waals surface area contributed by atoms with Gasteiger partial charge in [-0.25, -0.2) is 4.98 Å². The minimum Gasteiger partial charge on any atom is -0.356 e. The van der Waals surface area contributed by atoms with E-state index in [4.69, 9.17) is 5.73 Å². The predicted octanol–water partition coefficient (Wildman–Crippen LogP) is 1.15. The summed E-state index contributed by atoms with van der Waals surface area (Å²) in [6, 6.07) is 0. The number of nitrogens with two attached hydrogens (primary N) is 1. The lowest BCUT2D eigenvalue weighted by Crippen LogP contribution is -2.55. The Kier molecular flexibility index (Phi) is 4.51. The van der Waals surface area contributed by atoms with Gasteiger partial charge in [0.15, 0.2) is 0 Å². The zero-order valence-electron chi connectivity index (χ0n) is 11.7. The van der Waals surface area contributed by atoms with Crippen LogP contribution in [-0.4, -0.2) is 27.5 Å². The van der Waals surface area contributed by atoms with Gasteiger partial charge < -0.3 is 15.6 Å². The molecule has 1 rings (SSSR count). The van der Waals surface area contributed by atoms with Gasteiger partial charge in [-0.05, 0) is 34.1 Å². The van der Waals surface area contributed by atoms with Crippen LogP contribution in [0, 0.1) is 5.41 Å². The third kappa shape index (κ3) is 3.57. The Bertz CT molecular complexity index is 376. The molecule has 102 valence electrons. The maximum atomic E-state index is 12.1. The Morgan fingerprint density at radius 3 is 2.56 bits per heavy atom. The smallest absolute Gasteiger partial charge is 0.227 e. The number of nitrogens with zero attached hydrogens (tertiary/aromatic N) is 2. The molecule has 0 fully saturated rings. The van der Waals surface area contributed by atoms with Crippen molar-refractivity contribution < 1.29 is 4.79 Å². The molecule has 18 heavy (non-hydrogen) atoms. The first-order chi connectivity index (χ1) is 8.25. The fourth-order valence-corrected chi connectivity index (χ4v) is 1.40. The number of rotatable bonds is 6. The van der Waals surface area contributed by atoms with E-state index >= 15 is 0 Å². The van der Waals surface area contributed by atoms with Gasteiger partial charge in [0, 0.05) is 31.0 Å². The van der Waals surface area contributed by atoms with Gasteiger partial charge >= 0.3 is 0 Å². The predicted molar refractivity (Wildman–Crippen MR) is 71.9 cm³/mol. The fraction of sp³-hybridized carbons (Fsp3) is 0.692. The number of carbonyl (C=O) groups is 1. The van der Waals surface area contributed by atoms with Crippen molar-refractivity contribution in [3.63, 3.8) is 0 Å². The van der Waals surface area contributed by atoms with Crippen LogP contribution in [-0.2, 0) is 11.3 Å². The minimum atomic E-state index is -0.581.